The molecule has 1 saturated heterocycles. The fraction of sp³-hybridized carbons (Fsp3) is 0.250. The van der Waals surface area contributed by atoms with Crippen LogP contribution in [0.4, 0.5) is 11.4 Å². The number of rotatable bonds is 5. The van der Waals surface area contributed by atoms with Crippen LogP contribution in [-0.4, -0.2) is 42.5 Å². The molecule has 2 aliphatic rings. The van der Waals surface area contributed by atoms with Gasteiger partial charge in [0.15, 0.2) is 0 Å². The minimum absolute atomic E-state index is 0.00734. The molecule has 0 radical (unpaired) electrons. The molecule has 0 spiro atoms. The number of aromatic nitrogens is 1. The van der Waals surface area contributed by atoms with Crippen LogP contribution < -0.4 is 15.8 Å². The number of ether oxygens (including phenoxy) is 1. The van der Waals surface area contributed by atoms with Crippen molar-refractivity contribution in [1.29, 1.82) is 0 Å². The van der Waals surface area contributed by atoms with Crippen molar-refractivity contribution < 1.29 is 9.53 Å². The Kier molecular flexibility index (Phi) is 6.82. The number of aromatic amines is 1. The molecule has 0 saturated carbocycles. The zero-order chi connectivity index (χ0) is 22.8. The number of morpholine rings is 1. The highest BCUT2D eigenvalue weighted by Gasteiger charge is 2.22. The molecular formula is C24H22BrN3O3S2. The second-order valence-electron chi connectivity index (χ2n) is 7.70. The van der Waals surface area contributed by atoms with Crippen LogP contribution in [0, 0.1) is 0 Å². The lowest BCUT2D eigenvalue weighted by molar-refractivity contribution is -0.115. The summed E-state index contributed by atoms with van der Waals surface area (Å²) in [5, 5.41) is 3.59. The Bertz CT molecular complexity index is 1260. The SMILES string of the molecule is O=C(CCBr)Nc1ccc2c(c1)Sc1cccc(-c3cc(N4CCOCC4)cc(=O)[nH]3)c1S2. The summed E-state index contributed by atoms with van der Waals surface area (Å²) in [5.41, 5.74) is 3.44. The summed E-state index contributed by atoms with van der Waals surface area (Å²) in [6, 6.07) is 15.9. The number of alkyl halides is 1. The van der Waals surface area contributed by atoms with Crippen LogP contribution in [0.1, 0.15) is 6.42 Å². The average molecular weight is 544 g/mol. The lowest BCUT2D eigenvalue weighted by Crippen LogP contribution is -2.36. The highest BCUT2D eigenvalue weighted by Crippen LogP contribution is 2.52. The zero-order valence-electron chi connectivity index (χ0n) is 17.7. The van der Waals surface area contributed by atoms with Crippen LogP contribution in [0.15, 0.2) is 72.9 Å². The first kappa shape index (κ1) is 22.6. The monoisotopic (exact) mass is 543 g/mol. The fourth-order valence-corrected chi connectivity index (χ4v) is 6.65. The molecule has 1 fully saturated rings. The lowest BCUT2D eigenvalue weighted by Gasteiger charge is -2.29. The standard InChI is InChI=1S/C24H22BrN3O3S2/c25-7-6-22(29)26-15-4-5-19-21(12-15)32-20-3-1-2-17(24(20)33-19)18-13-16(14-23(30)27-18)28-8-10-31-11-9-28/h1-5,12-14H,6-11H2,(H,26,29)(H,27,30). The Hall–Kier alpha value is -2.20. The van der Waals surface area contributed by atoms with Gasteiger partial charge >= 0.3 is 0 Å². The maximum Gasteiger partial charge on any atom is 0.250 e. The van der Waals surface area contributed by atoms with Gasteiger partial charge in [0.2, 0.25) is 11.5 Å². The van der Waals surface area contributed by atoms with Crippen molar-refractivity contribution in [2.45, 2.75) is 26.0 Å². The number of carbonyl (C=O) groups is 1. The predicted octanol–water partition coefficient (Wildman–Crippen LogP) is 5.22. The molecule has 5 rings (SSSR count). The molecule has 2 aromatic carbocycles. The Balaban J connectivity index is 1.46. The molecule has 2 aliphatic heterocycles. The number of amides is 1. The second kappa shape index (κ2) is 9.97. The van der Waals surface area contributed by atoms with Gasteiger partial charge in [-0.3, -0.25) is 9.59 Å². The van der Waals surface area contributed by atoms with Crippen molar-refractivity contribution in [3.63, 3.8) is 0 Å². The van der Waals surface area contributed by atoms with Crippen LogP contribution in [0.3, 0.4) is 0 Å². The number of H-pyrrole nitrogens is 1. The van der Waals surface area contributed by atoms with E-state index in [1.54, 1.807) is 29.6 Å². The van der Waals surface area contributed by atoms with E-state index in [2.05, 4.69) is 49.3 Å². The van der Waals surface area contributed by atoms with Crippen LogP contribution >= 0.6 is 39.5 Å². The number of nitrogens with one attached hydrogen (secondary N) is 2. The maximum atomic E-state index is 12.5. The van der Waals surface area contributed by atoms with Crippen molar-refractivity contribution in [2.24, 2.45) is 0 Å². The number of pyridine rings is 1. The van der Waals surface area contributed by atoms with Crippen LogP contribution in [0.5, 0.6) is 0 Å². The summed E-state index contributed by atoms with van der Waals surface area (Å²) in [7, 11) is 0. The van der Waals surface area contributed by atoms with Gasteiger partial charge in [0.1, 0.15) is 0 Å². The molecular weight excluding hydrogens is 522 g/mol. The largest absolute Gasteiger partial charge is 0.378 e. The molecule has 0 bridgehead atoms. The molecule has 170 valence electrons. The van der Waals surface area contributed by atoms with E-state index in [1.165, 1.54) is 0 Å². The molecule has 6 nitrogen and oxygen atoms in total. The van der Waals surface area contributed by atoms with E-state index in [0.717, 1.165) is 55.3 Å². The van der Waals surface area contributed by atoms with Crippen LogP contribution in [0.25, 0.3) is 11.3 Å². The number of carbonyl (C=O) groups excluding carboxylic acids is 1. The first-order chi connectivity index (χ1) is 16.1. The summed E-state index contributed by atoms with van der Waals surface area (Å²) >= 11 is 6.67. The van der Waals surface area contributed by atoms with Gasteiger partial charge < -0.3 is 19.9 Å². The van der Waals surface area contributed by atoms with E-state index in [9.17, 15) is 9.59 Å². The van der Waals surface area contributed by atoms with Gasteiger partial charge in [-0.25, -0.2) is 0 Å². The van der Waals surface area contributed by atoms with E-state index in [1.807, 2.05) is 24.3 Å². The Morgan fingerprint density at radius 3 is 2.73 bits per heavy atom. The molecule has 3 heterocycles. The molecule has 0 unspecified atom stereocenters. The number of benzene rings is 2. The highest BCUT2D eigenvalue weighted by atomic mass is 79.9. The quantitative estimate of drug-likeness (QED) is 0.336. The van der Waals surface area contributed by atoms with Gasteiger partial charge in [0.05, 0.1) is 18.9 Å². The van der Waals surface area contributed by atoms with Gasteiger partial charge in [-0.2, -0.15) is 0 Å². The topological polar surface area (TPSA) is 74.4 Å². The first-order valence-electron chi connectivity index (χ1n) is 10.7. The predicted molar refractivity (Wildman–Crippen MR) is 137 cm³/mol. The Morgan fingerprint density at radius 1 is 1.06 bits per heavy atom. The van der Waals surface area contributed by atoms with Crippen molar-refractivity contribution in [3.8, 4) is 11.3 Å². The van der Waals surface area contributed by atoms with E-state index < -0.39 is 0 Å². The number of hydrogen-bond acceptors (Lipinski definition) is 6. The van der Waals surface area contributed by atoms with Gasteiger partial charge in [0, 0.05) is 67.4 Å². The molecule has 0 aliphatic carbocycles. The average Bonchev–Trinajstić information content (AvgIpc) is 2.82. The number of nitrogens with zero attached hydrogens (tertiary/aromatic N) is 1. The van der Waals surface area contributed by atoms with Crippen molar-refractivity contribution in [2.75, 3.05) is 41.9 Å². The first-order valence-corrected chi connectivity index (χ1v) is 13.4. The number of anilines is 2. The van der Waals surface area contributed by atoms with E-state index >= 15 is 0 Å². The lowest BCUT2D eigenvalue weighted by atomic mass is 10.1. The van der Waals surface area contributed by atoms with Crippen molar-refractivity contribution in [3.05, 3.63) is 58.9 Å². The maximum absolute atomic E-state index is 12.5. The third kappa shape index (κ3) is 5.01. The molecule has 3 aromatic rings. The van der Waals surface area contributed by atoms with Crippen LogP contribution in [-0.2, 0) is 9.53 Å². The smallest absolute Gasteiger partial charge is 0.250 e. The van der Waals surface area contributed by atoms with Crippen molar-refractivity contribution >= 4 is 56.7 Å². The van der Waals surface area contributed by atoms with Gasteiger partial charge in [-0.1, -0.05) is 51.6 Å². The highest BCUT2D eigenvalue weighted by molar-refractivity contribution is 9.09. The molecule has 33 heavy (non-hydrogen) atoms. The molecule has 9 heteroatoms. The van der Waals surface area contributed by atoms with Crippen molar-refractivity contribution in [1.82, 2.24) is 4.98 Å². The minimum Gasteiger partial charge on any atom is -0.378 e. The molecule has 1 aromatic heterocycles. The normalized spacial score (nSPS) is 15.0. The van der Waals surface area contributed by atoms with Crippen LogP contribution in [0.2, 0.25) is 0 Å². The Labute approximate surface area is 208 Å². The summed E-state index contributed by atoms with van der Waals surface area (Å²) in [6.07, 6.45) is 0.437. The third-order valence-electron chi connectivity index (χ3n) is 5.46. The summed E-state index contributed by atoms with van der Waals surface area (Å²) in [5.74, 6) is -0.00734. The summed E-state index contributed by atoms with van der Waals surface area (Å²) < 4.78 is 5.46. The fourth-order valence-electron chi connectivity index (χ4n) is 3.88. The van der Waals surface area contributed by atoms with Gasteiger partial charge in [-0.05, 0) is 30.3 Å². The summed E-state index contributed by atoms with van der Waals surface area (Å²) in [6.45, 7) is 2.90. The molecule has 1 amide bonds. The van der Waals surface area contributed by atoms with E-state index in [-0.39, 0.29) is 11.5 Å². The van der Waals surface area contributed by atoms with E-state index in [0.29, 0.717) is 25.0 Å². The summed E-state index contributed by atoms with van der Waals surface area (Å²) in [4.78, 5) is 34.2. The minimum atomic E-state index is -0.107. The number of hydrogen-bond donors (Lipinski definition) is 2. The third-order valence-corrected chi connectivity index (χ3v) is 8.45. The molecule has 0 atom stereocenters. The zero-order valence-corrected chi connectivity index (χ0v) is 20.9. The van der Waals surface area contributed by atoms with Gasteiger partial charge in [-0.15, -0.1) is 0 Å². The second-order valence-corrected chi connectivity index (χ2v) is 10.6. The molecule has 2 N–H and O–H groups in total. The van der Waals surface area contributed by atoms with E-state index in [4.69, 9.17) is 4.74 Å². The number of fused-ring (bicyclic) bond motifs is 2. The van der Waals surface area contributed by atoms with Gasteiger partial charge in [0.25, 0.3) is 0 Å². The Morgan fingerprint density at radius 2 is 1.91 bits per heavy atom. The number of halogens is 1.